The van der Waals surface area contributed by atoms with Gasteiger partial charge in [-0.3, -0.25) is 9.59 Å². The van der Waals surface area contributed by atoms with E-state index in [1.54, 1.807) is 23.1 Å². The Morgan fingerprint density at radius 3 is 2.71 bits per heavy atom. The molecule has 2 bridgehead atoms. The Morgan fingerprint density at radius 2 is 1.94 bits per heavy atom. The fourth-order valence-electron chi connectivity index (χ4n) is 4.54. The molecular weight excluding hydrogens is 452 g/mol. The number of nitrogens with one attached hydrogen (secondary N) is 1. The molecule has 158 valence electrons. The number of nitrogens with zero attached hydrogens (tertiary/aromatic N) is 1. The fourth-order valence-corrected chi connectivity index (χ4v) is 6.93. The SMILES string of the molecule is O=C(Nc1ccc2nc(SCc3ccccc3Cl)sc2c1)[C@@H]1[C@H](C(=O)O)[C@H]2C=C[C@H]1C2. The number of rotatable bonds is 6. The van der Waals surface area contributed by atoms with Crippen molar-refractivity contribution in [1.29, 1.82) is 0 Å². The molecule has 2 aliphatic carbocycles. The molecule has 3 aromatic rings. The number of carboxylic acid groups (broad SMARTS) is 1. The lowest BCUT2D eigenvalue weighted by Crippen LogP contribution is -2.36. The van der Waals surface area contributed by atoms with Gasteiger partial charge in [0, 0.05) is 16.5 Å². The van der Waals surface area contributed by atoms with E-state index in [9.17, 15) is 14.7 Å². The van der Waals surface area contributed by atoms with Crippen molar-refractivity contribution >= 4 is 62.5 Å². The van der Waals surface area contributed by atoms with E-state index in [-0.39, 0.29) is 17.7 Å². The van der Waals surface area contributed by atoms with Crippen LogP contribution in [0.2, 0.25) is 5.02 Å². The largest absolute Gasteiger partial charge is 0.481 e. The number of hydrogen-bond acceptors (Lipinski definition) is 5. The fraction of sp³-hybridized carbons (Fsp3) is 0.261. The summed E-state index contributed by atoms with van der Waals surface area (Å²) in [5, 5.41) is 13.3. The molecule has 1 amide bonds. The van der Waals surface area contributed by atoms with Crippen molar-refractivity contribution in [2.24, 2.45) is 23.7 Å². The molecule has 0 unspecified atom stereocenters. The third-order valence-electron chi connectivity index (χ3n) is 5.99. The smallest absolute Gasteiger partial charge is 0.307 e. The van der Waals surface area contributed by atoms with Crippen molar-refractivity contribution < 1.29 is 14.7 Å². The molecular formula is C23H19ClN2O3S2. The van der Waals surface area contributed by atoms with Crippen LogP contribution in [0.25, 0.3) is 10.2 Å². The van der Waals surface area contributed by atoms with Crippen LogP contribution in [0.1, 0.15) is 12.0 Å². The third-order valence-corrected chi connectivity index (χ3v) is 8.57. The van der Waals surface area contributed by atoms with Crippen LogP contribution in [0.15, 0.2) is 59.0 Å². The first kappa shape index (κ1) is 20.5. The maximum atomic E-state index is 12.9. The van der Waals surface area contributed by atoms with Gasteiger partial charge >= 0.3 is 5.97 Å². The zero-order valence-corrected chi connectivity index (χ0v) is 18.7. The molecule has 4 atom stereocenters. The van der Waals surface area contributed by atoms with Gasteiger partial charge in [-0.05, 0) is 48.1 Å². The van der Waals surface area contributed by atoms with Gasteiger partial charge in [-0.15, -0.1) is 11.3 Å². The Balaban J connectivity index is 1.30. The molecule has 1 heterocycles. The Morgan fingerprint density at radius 1 is 1.16 bits per heavy atom. The molecule has 8 heteroatoms. The van der Waals surface area contributed by atoms with Crippen molar-refractivity contribution in [1.82, 2.24) is 4.98 Å². The molecule has 0 radical (unpaired) electrons. The highest BCUT2D eigenvalue weighted by molar-refractivity contribution is 8.00. The minimum atomic E-state index is -0.893. The first-order valence-corrected chi connectivity index (χ1v) is 12.2. The van der Waals surface area contributed by atoms with E-state index in [0.29, 0.717) is 5.69 Å². The van der Waals surface area contributed by atoms with E-state index in [4.69, 9.17) is 11.6 Å². The number of allylic oxidation sites excluding steroid dienone is 2. The number of amides is 1. The van der Waals surface area contributed by atoms with E-state index in [1.165, 1.54) is 0 Å². The number of aliphatic carboxylic acids is 1. The monoisotopic (exact) mass is 470 g/mol. The van der Waals surface area contributed by atoms with Crippen molar-refractivity contribution in [3.63, 3.8) is 0 Å². The van der Waals surface area contributed by atoms with Crippen molar-refractivity contribution in [3.8, 4) is 0 Å². The van der Waals surface area contributed by atoms with Crippen LogP contribution in [0.3, 0.4) is 0 Å². The molecule has 1 fully saturated rings. The van der Waals surface area contributed by atoms with Gasteiger partial charge in [0.1, 0.15) is 0 Å². The Hall–Kier alpha value is -2.35. The lowest BCUT2D eigenvalue weighted by molar-refractivity contribution is -0.146. The van der Waals surface area contributed by atoms with Crippen LogP contribution in [0, 0.1) is 23.7 Å². The summed E-state index contributed by atoms with van der Waals surface area (Å²) in [4.78, 5) is 29.3. The highest BCUT2D eigenvalue weighted by Crippen LogP contribution is 2.48. The molecule has 2 N–H and O–H groups in total. The Kier molecular flexibility index (Phi) is 5.50. The van der Waals surface area contributed by atoms with Crippen LogP contribution < -0.4 is 5.32 Å². The zero-order valence-electron chi connectivity index (χ0n) is 16.3. The second-order valence-corrected chi connectivity index (χ2v) is 10.5. The highest BCUT2D eigenvalue weighted by atomic mass is 35.5. The van der Waals surface area contributed by atoms with E-state index in [1.807, 2.05) is 54.6 Å². The number of carbonyl (C=O) groups excluding carboxylic acids is 1. The molecule has 0 spiro atoms. The van der Waals surface area contributed by atoms with Crippen molar-refractivity contribution in [2.45, 2.75) is 16.5 Å². The summed E-state index contributed by atoms with van der Waals surface area (Å²) in [6, 6.07) is 13.4. The van der Waals surface area contributed by atoms with Gasteiger partial charge in [-0.1, -0.05) is 53.7 Å². The lowest BCUT2D eigenvalue weighted by Gasteiger charge is -2.23. The number of halogens is 1. The average Bonchev–Trinajstić information content (AvgIpc) is 3.46. The van der Waals surface area contributed by atoms with E-state index in [2.05, 4.69) is 10.3 Å². The number of thioether (sulfide) groups is 1. The predicted molar refractivity (Wildman–Crippen MR) is 125 cm³/mol. The van der Waals surface area contributed by atoms with Gasteiger partial charge in [0.25, 0.3) is 0 Å². The van der Waals surface area contributed by atoms with Gasteiger partial charge in [0.2, 0.25) is 5.91 Å². The molecule has 5 nitrogen and oxygen atoms in total. The number of benzene rings is 2. The van der Waals surface area contributed by atoms with Gasteiger partial charge in [0.05, 0.1) is 22.1 Å². The van der Waals surface area contributed by atoms with Crippen LogP contribution in [-0.2, 0) is 15.3 Å². The number of aromatic nitrogens is 1. The third kappa shape index (κ3) is 3.97. The number of carbonyl (C=O) groups is 2. The molecule has 5 rings (SSSR count). The standard InChI is InChI=1S/C23H19ClN2O3S2/c24-16-4-2-1-3-14(16)11-30-23-26-17-8-7-15(10-18(17)31-23)25-21(27)19-12-5-6-13(9-12)20(19)22(28)29/h1-8,10,12-13,19-20H,9,11H2,(H,25,27)(H,28,29)/t12-,13-,19-,20+/m0/s1. The molecule has 0 aliphatic heterocycles. The number of carboxylic acids is 1. The van der Waals surface area contributed by atoms with E-state index < -0.39 is 17.8 Å². The second kappa shape index (κ2) is 8.30. The summed E-state index contributed by atoms with van der Waals surface area (Å²) in [5.74, 6) is -1.58. The highest BCUT2D eigenvalue weighted by Gasteiger charge is 2.51. The van der Waals surface area contributed by atoms with E-state index >= 15 is 0 Å². The maximum Gasteiger partial charge on any atom is 0.307 e. The maximum absolute atomic E-state index is 12.9. The zero-order chi connectivity index (χ0) is 21.5. The van der Waals surface area contributed by atoms with Crippen LogP contribution in [0.5, 0.6) is 0 Å². The predicted octanol–water partition coefficient (Wildman–Crippen LogP) is 5.70. The average molecular weight is 471 g/mol. The summed E-state index contributed by atoms with van der Waals surface area (Å²) in [6.07, 6.45) is 4.68. The number of thiazole rings is 1. The topological polar surface area (TPSA) is 79.3 Å². The van der Waals surface area contributed by atoms with Crippen LogP contribution in [0.4, 0.5) is 5.69 Å². The summed E-state index contributed by atoms with van der Waals surface area (Å²) < 4.78 is 1.91. The molecule has 1 aromatic heterocycles. The molecule has 31 heavy (non-hydrogen) atoms. The minimum absolute atomic E-state index is 0.00560. The van der Waals surface area contributed by atoms with Gasteiger partial charge in [-0.25, -0.2) is 4.98 Å². The van der Waals surface area contributed by atoms with Gasteiger partial charge < -0.3 is 10.4 Å². The number of anilines is 1. The summed E-state index contributed by atoms with van der Waals surface area (Å²) in [5.41, 5.74) is 2.60. The lowest BCUT2D eigenvalue weighted by atomic mass is 9.82. The van der Waals surface area contributed by atoms with Crippen molar-refractivity contribution in [3.05, 3.63) is 65.2 Å². The molecule has 2 aromatic carbocycles. The first-order valence-electron chi connectivity index (χ1n) is 9.98. The van der Waals surface area contributed by atoms with Crippen LogP contribution >= 0.6 is 34.7 Å². The van der Waals surface area contributed by atoms with Crippen LogP contribution in [-0.4, -0.2) is 22.0 Å². The summed E-state index contributed by atoms with van der Waals surface area (Å²) in [6.45, 7) is 0. The number of fused-ring (bicyclic) bond motifs is 3. The second-order valence-electron chi connectivity index (χ2n) is 7.87. The molecule has 0 saturated heterocycles. The number of hydrogen-bond donors (Lipinski definition) is 2. The Labute approximate surface area is 192 Å². The normalized spacial score (nSPS) is 24.0. The molecule has 1 saturated carbocycles. The summed E-state index contributed by atoms with van der Waals surface area (Å²) >= 11 is 9.43. The minimum Gasteiger partial charge on any atom is -0.481 e. The summed E-state index contributed by atoms with van der Waals surface area (Å²) in [7, 11) is 0. The first-order chi connectivity index (χ1) is 15.0. The van der Waals surface area contributed by atoms with Gasteiger partial charge in [-0.2, -0.15) is 0 Å². The van der Waals surface area contributed by atoms with Gasteiger partial charge in [0.15, 0.2) is 4.34 Å². The quantitative estimate of drug-likeness (QED) is 0.356. The van der Waals surface area contributed by atoms with E-state index in [0.717, 1.165) is 37.3 Å². The Bertz CT molecular complexity index is 1210. The van der Waals surface area contributed by atoms with Crippen molar-refractivity contribution in [2.75, 3.05) is 5.32 Å². The molecule has 2 aliphatic rings.